The van der Waals surface area contributed by atoms with Crippen LogP contribution < -0.4 is 5.32 Å². The van der Waals surface area contributed by atoms with Crippen molar-refractivity contribution < 1.29 is 0 Å². The summed E-state index contributed by atoms with van der Waals surface area (Å²) in [4.78, 5) is 4.05. The predicted octanol–water partition coefficient (Wildman–Crippen LogP) is 3.33. The van der Waals surface area contributed by atoms with Gasteiger partial charge in [-0.1, -0.05) is 13.8 Å². The molecule has 17 heavy (non-hydrogen) atoms. The molecular formula is C13H21BrN2S. The molecule has 1 aliphatic rings. The van der Waals surface area contributed by atoms with Crippen LogP contribution in [0.3, 0.4) is 0 Å². The van der Waals surface area contributed by atoms with Gasteiger partial charge in [0.2, 0.25) is 0 Å². The quantitative estimate of drug-likeness (QED) is 0.920. The molecule has 1 aromatic heterocycles. The summed E-state index contributed by atoms with van der Waals surface area (Å²) in [6.07, 6.45) is 0. The minimum absolute atomic E-state index is 0.630. The van der Waals surface area contributed by atoms with Gasteiger partial charge in [-0.3, -0.25) is 4.90 Å². The van der Waals surface area contributed by atoms with Gasteiger partial charge in [-0.2, -0.15) is 0 Å². The van der Waals surface area contributed by atoms with Gasteiger partial charge in [-0.05, 0) is 34.8 Å². The fourth-order valence-electron chi connectivity index (χ4n) is 2.25. The van der Waals surface area contributed by atoms with Gasteiger partial charge < -0.3 is 5.32 Å². The van der Waals surface area contributed by atoms with Crippen LogP contribution in [0.4, 0.5) is 0 Å². The normalized spacial score (nSPS) is 26.6. The van der Waals surface area contributed by atoms with Crippen molar-refractivity contribution in [3.63, 3.8) is 0 Å². The highest BCUT2D eigenvalue weighted by Gasteiger charge is 2.26. The Labute approximate surface area is 117 Å². The van der Waals surface area contributed by atoms with Crippen LogP contribution in [-0.2, 0) is 6.54 Å². The number of nitrogens with one attached hydrogen (secondary N) is 1. The Morgan fingerprint density at radius 3 is 2.94 bits per heavy atom. The van der Waals surface area contributed by atoms with E-state index in [1.54, 1.807) is 0 Å². The molecule has 0 saturated carbocycles. The van der Waals surface area contributed by atoms with Gasteiger partial charge in [0, 0.05) is 46.4 Å². The number of piperazine rings is 1. The number of halogens is 1. The summed E-state index contributed by atoms with van der Waals surface area (Å²) < 4.78 is 1.21. The topological polar surface area (TPSA) is 15.3 Å². The lowest BCUT2D eigenvalue weighted by Gasteiger charge is -2.40. The van der Waals surface area contributed by atoms with Crippen molar-refractivity contribution in [1.82, 2.24) is 10.2 Å². The first-order chi connectivity index (χ1) is 8.06. The molecule has 1 saturated heterocycles. The zero-order valence-electron chi connectivity index (χ0n) is 10.7. The maximum absolute atomic E-state index is 3.64. The predicted molar refractivity (Wildman–Crippen MR) is 78.5 cm³/mol. The van der Waals surface area contributed by atoms with E-state index in [9.17, 15) is 0 Å². The summed E-state index contributed by atoms with van der Waals surface area (Å²) in [5, 5.41) is 5.81. The minimum atomic E-state index is 0.630. The Bertz CT molecular complexity index is 364. The highest BCUT2D eigenvalue weighted by atomic mass is 79.9. The molecule has 2 atom stereocenters. The van der Waals surface area contributed by atoms with Crippen LogP contribution in [0.2, 0.25) is 0 Å². The molecule has 2 nitrogen and oxygen atoms in total. The van der Waals surface area contributed by atoms with E-state index in [4.69, 9.17) is 0 Å². The molecule has 0 aromatic carbocycles. The highest BCUT2D eigenvalue weighted by Crippen LogP contribution is 2.23. The van der Waals surface area contributed by atoms with E-state index >= 15 is 0 Å². The fourth-order valence-corrected chi connectivity index (χ4v) is 3.73. The number of hydrogen-bond donors (Lipinski definition) is 1. The number of hydrogen-bond acceptors (Lipinski definition) is 3. The molecule has 1 N–H and O–H groups in total. The molecule has 0 bridgehead atoms. The minimum Gasteiger partial charge on any atom is -0.311 e. The summed E-state index contributed by atoms with van der Waals surface area (Å²) in [7, 11) is 0. The molecular weight excluding hydrogens is 296 g/mol. The van der Waals surface area contributed by atoms with Crippen molar-refractivity contribution in [3.8, 4) is 0 Å². The summed E-state index contributed by atoms with van der Waals surface area (Å²) >= 11 is 5.37. The molecule has 1 aliphatic heterocycles. The largest absolute Gasteiger partial charge is 0.311 e. The number of rotatable bonds is 3. The van der Waals surface area contributed by atoms with Gasteiger partial charge in [0.15, 0.2) is 0 Å². The Morgan fingerprint density at radius 1 is 1.59 bits per heavy atom. The molecule has 0 radical (unpaired) electrons. The Kier molecular flexibility index (Phi) is 4.64. The monoisotopic (exact) mass is 316 g/mol. The third kappa shape index (κ3) is 3.53. The van der Waals surface area contributed by atoms with Crippen LogP contribution in [0, 0.1) is 5.92 Å². The van der Waals surface area contributed by atoms with Crippen LogP contribution in [0.25, 0.3) is 0 Å². The lowest BCUT2D eigenvalue weighted by Crippen LogP contribution is -2.56. The first kappa shape index (κ1) is 13.5. The first-order valence-corrected chi connectivity index (χ1v) is 7.94. The van der Waals surface area contributed by atoms with E-state index in [2.05, 4.69) is 58.4 Å². The fraction of sp³-hybridized carbons (Fsp3) is 0.692. The van der Waals surface area contributed by atoms with Crippen molar-refractivity contribution in [2.24, 2.45) is 5.92 Å². The van der Waals surface area contributed by atoms with Crippen LogP contribution in [-0.4, -0.2) is 30.1 Å². The molecule has 1 fully saturated rings. The molecule has 96 valence electrons. The van der Waals surface area contributed by atoms with Gasteiger partial charge >= 0.3 is 0 Å². The second-order valence-electron chi connectivity index (χ2n) is 5.27. The molecule has 2 rings (SSSR count). The van der Waals surface area contributed by atoms with E-state index in [1.807, 2.05) is 11.3 Å². The maximum atomic E-state index is 3.64. The number of thiophene rings is 1. The Hall–Kier alpha value is 0.1000. The highest BCUT2D eigenvalue weighted by molar-refractivity contribution is 9.10. The van der Waals surface area contributed by atoms with Gasteiger partial charge in [-0.25, -0.2) is 0 Å². The van der Waals surface area contributed by atoms with Crippen molar-refractivity contribution in [1.29, 1.82) is 0 Å². The Balaban J connectivity index is 1.98. The zero-order chi connectivity index (χ0) is 12.4. The van der Waals surface area contributed by atoms with Crippen LogP contribution in [0.5, 0.6) is 0 Å². The third-order valence-electron chi connectivity index (χ3n) is 3.52. The molecule has 0 amide bonds. The van der Waals surface area contributed by atoms with E-state index in [0.717, 1.165) is 19.6 Å². The van der Waals surface area contributed by atoms with E-state index in [0.29, 0.717) is 18.0 Å². The van der Waals surface area contributed by atoms with E-state index in [-0.39, 0.29) is 0 Å². The van der Waals surface area contributed by atoms with Gasteiger partial charge in [0.25, 0.3) is 0 Å². The summed E-state index contributed by atoms with van der Waals surface area (Å²) in [5.41, 5.74) is 0. The average molecular weight is 317 g/mol. The second-order valence-corrected chi connectivity index (χ2v) is 7.18. The van der Waals surface area contributed by atoms with Gasteiger partial charge in [-0.15, -0.1) is 11.3 Å². The van der Waals surface area contributed by atoms with Crippen LogP contribution in [0.15, 0.2) is 15.9 Å². The molecule has 2 unspecified atom stereocenters. The van der Waals surface area contributed by atoms with E-state index in [1.165, 1.54) is 9.35 Å². The summed E-state index contributed by atoms with van der Waals surface area (Å²) in [6.45, 7) is 10.3. The molecule has 4 heteroatoms. The molecule has 2 heterocycles. The van der Waals surface area contributed by atoms with Crippen LogP contribution >= 0.6 is 27.3 Å². The summed E-state index contributed by atoms with van der Waals surface area (Å²) in [6, 6.07) is 3.50. The smallest absolute Gasteiger partial charge is 0.0332 e. The van der Waals surface area contributed by atoms with Crippen molar-refractivity contribution in [2.75, 3.05) is 13.1 Å². The molecule has 1 aromatic rings. The molecule has 0 spiro atoms. The zero-order valence-corrected chi connectivity index (χ0v) is 13.1. The van der Waals surface area contributed by atoms with E-state index < -0.39 is 0 Å². The lowest BCUT2D eigenvalue weighted by atomic mass is 10.00. The summed E-state index contributed by atoms with van der Waals surface area (Å²) in [5.74, 6) is 0.708. The van der Waals surface area contributed by atoms with Crippen molar-refractivity contribution in [3.05, 3.63) is 20.8 Å². The maximum Gasteiger partial charge on any atom is 0.0332 e. The lowest BCUT2D eigenvalue weighted by molar-refractivity contribution is 0.117. The first-order valence-electron chi connectivity index (χ1n) is 6.26. The van der Waals surface area contributed by atoms with Gasteiger partial charge in [0.1, 0.15) is 0 Å². The SMILES string of the molecule is CC(C)C1CN(Cc2cc(Br)cs2)C(C)CN1. The van der Waals surface area contributed by atoms with Crippen molar-refractivity contribution in [2.45, 2.75) is 39.4 Å². The Morgan fingerprint density at radius 2 is 2.35 bits per heavy atom. The third-order valence-corrected chi connectivity index (χ3v) is 5.20. The van der Waals surface area contributed by atoms with Crippen molar-refractivity contribution >= 4 is 27.3 Å². The second kappa shape index (κ2) is 5.83. The van der Waals surface area contributed by atoms with Gasteiger partial charge in [0.05, 0.1) is 0 Å². The van der Waals surface area contributed by atoms with Crippen LogP contribution in [0.1, 0.15) is 25.6 Å². The number of nitrogens with zero attached hydrogens (tertiary/aromatic N) is 1. The standard InChI is InChI=1S/C13H21BrN2S/c1-9(2)13-7-16(10(3)5-15-13)6-12-4-11(14)8-17-12/h4,8-10,13,15H,5-7H2,1-3H3. The average Bonchev–Trinajstić information content (AvgIpc) is 2.67. The molecule has 0 aliphatic carbocycles.